The van der Waals surface area contributed by atoms with Crippen LogP contribution in [0.25, 0.3) is 33.3 Å². The van der Waals surface area contributed by atoms with Crippen LogP contribution in [0.3, 0.4) is 0 Å². The lowest BCUT2D eigenvalue weighted by atomic mass is 9.98. The van der Waals surface area contributed by atoms with Crippen LogP contribution in [-0.2, 0) is 27.2 Å². The summed E-state index contributed by atoms with van der Waals surface area (Å²) in [5.41, 5.74) is 2.98. The lowest BCUT2D eigenvalue weighted by molar-refractivity contribution is -0.318. The molecule has 0 radical (unpaired) electrons. The molecule has 10 atom stereocenters. The number of fused-ring (bicyclic) bond motifs is 6. The van der Waals surface area contributed by atoms with Crippen LogP contribution in [0.5, 0.6) is 5.75 Å². The molecule has 0 spiro atoms. The maximum absolute atomic E-state index is 13.1. The molecule has 3 aliphatic rings. The number of para-hydroxylation sites is 1. The summed E-state index contributed by atoms with van der Waals surface area (Å²) in [6.07, 6.45) is -13.4. The molecule has 44 heavy (non-hydrogen) atoms. The van der Waals surface area contributed by atoms with Crippen molar-refractivity contribution in [1.29, 1.82) is 0 Å². The zero-order chi connectivity index (χ0) is 30.9. The number of hydrogen-bond acceptors (Lipinski definition) is 12. The number of aromatic amines is 1. The lowest BCUT2D eigenvalue weighted by Crippen LogP contribution is -2.61. The third-order valence-electron chi connectivity index (χ3n) is 8.70. The maximum Gasteiger partial charge on any atom is 0.261 e. The molecule has 0 aliphatic carbocycles. The summed E-state index contributed by atoms with van der Waals surface area (Å²) in [5.74, 6) is 0.862. The number of hydrogen-bond donors (Lipinski definition) is 7. The zero-order valence-corrected chi connectivity index (χ0v) is 23.6. The number of H-pyrrole nitrogens is 1. The highest BCUT2D eigenvalue weighted by Gasteiger charge is 2.47. The van der Waals surface area contributed by atoms with Gasteiger partial charge in [-0.3, -0.25) is 9.36 Å². The number of aliphatic hydroxyl groups excluding tert-OH is 6. The lowest BCUT2D eigenvalue weighted by Gasteiger charge is -2.42. The number of rotatable bonds is 5. The van der Waals surface area contributed by atoms with Crippen LogP contribution in [0.2, 0.25) is 0 Å². The first kappa shape index (κ1) is 29.3. The van der Waals surface area contributed by atoms with E-state index in [-0.39, 0.29) is 5.56 Å². The minimum atomic E-state index is -1.65. The SMILES string of the molecule is CC1OC(OCC2OC(Oc3ccc4[nH]c5c(c4c3)CCn3c-5nc4ccccc4c3=O)C(O)C(O)C2O)C(O)C(O)C1O. The van der Waals surface area contributed by atoms with Crippen molar-refractivity contribution in [2.45, 2.75) is 81.3 Å². The van der Waals surface area contributed by atoms with Crippen LogP contribution in [0.15, 0.2) is 47.3 Å². The molecule has 0 amide bonds. The average molecular weight is 612 g/mol. The van der Waals surface area contributed by atoms with Crippen molar-refractivity contribution in [1.82, 2.24) is 14.5 Å². The highest BCUT2D eigenvalue weighted by atomic mass is 16.7. The number of aromatic nitrogens is 3. The minimum Gasteiger partial charge on any atom is -0.462 e. The van der Waals surface area contributed by atoms with E-state index in [1.807, 2.05) is 12.1 Å². The zero-order valence-electron chi connectivity index (χ0n) is 23.6. The molecule has 0 saturated carbocycles. The Morgan fingerprint density at radius 1 is 0.909 bits per heavy atom. The Labute approximate surface area is 249 Å². The Bertz CT molecular complexity index is 1760. The van der Waals surface area contributed by atoms with Crippen molar-refractivity contribution in [3.63, 3.8) is 0 Å². The molecule has 4 aromatic rings. The second-order valence-electron chi connectivity index (χ2n) is 11.5. The van der Waals surface area contributed by atoms with E-state index in [2.05, 4.69) is 4.98 Å². The summed E-state index contributed by atoms with van der Waals surface area (Å²) in [4.78, 5) is 21.3. The first-order valence-electron chi connectivity index (χ1n) is 14.4. The molecular formula is C30H33N3O11. The van der Waals surface area contributed by atoms with Gasteiger partial charge in [-0.05, 0) is 49.2 Å². The molecular weight excluding hydrogens is 578 g/mol. The van der Waals surface area contributed by atoms with Crippen LogP contribution in [0, 0.1) is 0 Å². The van der Waals surface area contributed by atoms with E-state index in [0.717, 1.165) is 22.2 Å². The van der Waals surface area contributed by atoms with E-state index in [4.69, 9.17) is 23.9 Å². The summed E-state index contributed by atoms with van der Waals surface area (Å²) >= 11 is 0. The molecule has 7 N–H and O–H groups in total. The van der Waals surface area contributed by atoms with Crippen LogP contribution < -0.4 is 10.3 Å². The van der Waals surface area contributed by atoms with Gasteiger partial charge in [0.25, 0.3) is 5.56 Å². The second kappa shape index (κ2) is 11.2. The van der Waals surface area contributed by atoms with Gasteiger partial charge >= 0.3 is 0 Å². The molecule has 0 bridgehead atoms. The van der Waals surface area contributed by atoms with Crippen molar-refractivity contribution in [2.24, 2.45) is 0 Å². The topological polar surface area (TPSA) is 209 Å². The van der Waals surface area contributed by atoms with Gasteiger partial charge in [0, 0.05) is 17.4 Å². The summed E-state index contributed by atoms with van der Waals surface area (Å²) in [5, 5.41) is 63.3. The molecule has 14 nitrogen and oxygen atoms in total. The predicted molar refractivity (Wildman–Crippen MR) is 153 cm³/mol. The maximum atomic E-state index is 13.1. The molecule has 10 unspecified atom stereocenters. The molecule has 2 saturated heterocycles. The fourth-order valence-electron chi connectivity index (χ4n) is 6.17. The number of benzene rings is 2. The van der Waals surface area contributed by atoms with E-state index in [1.165, 1.54) is 6.92 Å². The predicted octanol–water partition coefficient (Wildman–Crippen LogP) is -0.869. The van der Waals surface area contributed by atoms with Crippen LogP contribution in [0.1, 0.15) is 12.5 Å². The van der Waals surface area contributed by atoms with Crippen molar-refractivity contribution >= 4 is 21.8 Å². The molecule has 14 heteroatoms. The number of nitrogens with zero attached hydrogens (tertiary/aromatic N) is 2. The number of nitrogens with one attached hydrogen (secondary N) is 1. The molecule has 7 rings (SSSR count). The summed E-state index contributed by atoms with van der Waals surface area (Å²) in [6, 6.07) is 12.4. The monoisotopic (exact) mass is 611 g/mol. The normalized spacial score (nSPS) is 33.7. The molecule has 5 heterocycles. The van der Waals surface area contributed by atoms with Gasteiger partial charge in [-0.15, -0.1) is 0 Å². The van der Waals surface area contributed by atoms with Gasteiger partial charge in [-0.2, -0.15) is 0 Å². The minimum absolute atomic E-state index is 0.102. The van der Waals surface area contributed by atoms with E-state index in [1.54, 1.807) is 34.9 Å². The van der Waals surface area contributed by atoms with E-state index in [9.17, 15) is 35.4 Å². The Morgan fingerprint density at radius 3 is 2.48 bits per heavy atom. The van der Waals surface area contributed by atoms with Crippen molar-refractivity contribution in [3.05, 3.63) is 58.4 Å². The smallest absolute Gasteiger partial charge is 0.261 e. The van der Waals surface area contributed by atoms with E-state index in [0.29, 0.717) is 35.4 Å². The van der Waals surface area contributed by atoms with E-state index < -0.39 is 68.0 Å². The fraction of sp³-hybridized carbons (Fsp3) is 0.467. The summed E-state index contributed by atoms with van der Waals surface area (Å²) in [7, 11) is 0. The number of aryl methyl sites for hydroxylation is 1. The molecule has 3 aliphatic heterocycles. The Kier molecular flexibility index (Phi) is 7.43. The average Bonchev–Trinajstić information content (AvgIpc) is 3.40. The third kappa shape index (κ3) is 4.79. The Balaban J connectivity index is 1.11. The van der Waals surface area contributed by atoms with Crippen LogP contribution >= 0.6 is 0 Å². The van der Waals surface area contributed by atoms with Crippen molar-refractivity contribution in [3.8, 4) is 17.3 Å². The highest BCUT2D eigenvalue weighted by molar-refractivity contribution is 5.92. The van der Waals surface area contributed by atoms with Crippen LogP contribution in [0.4, 0.5) is 0 Å². The van der Waals surface area contributed by atoms with Gasteiger partial charge in [0.15, 0.2) is 12.1 Å². The summed E-state index contributed by atoms with van der Waals surface area (Å²) < 4.78 is 24.4. The van der Waals surface area contributed by atoms with E-state index >= 15 is 0 Å². The van der Waals surface area contributed by atoms with Gasteiger partial charge in [-0.25, -0.2) is 4.98 Å². The third-order valence-corrected chi connectivity index (χ3v) is 8.70. The first-order valence-corrected chi connectivity index (χ1v) is 14.4. The molecule has 234 valence electrons. The molecule has 2 aromatic carbocycles. The quantitative estimate of drug-likeness (QED) is 0.147. The highest BCUT2D eigenvalue weighted by Crippen LogP contribution is 2.36. The van der Waals surface area contributed by atoms with Crippen molar-refractivity contribution in [2.75, 3.05) is 6.61 Å². The number of aliphatic hydroxyl groups is 6. The fourth-order valence-corrected chi connectivity index (χ4v) is 6.17. The standard InChI is InChI=1S/C30H33N3O11/c1-12-21(34)23(36)25(38)29(42-12)41-11-19-22(35)24(37)26(39)30(44-19)43-13-6-7-18-16(10-13)14-8-9-33-27(20(14)31-18)32-17-5-3-2-4-15(17)28(33)40/h2-7,10,12,19,21-26,29-31,34-39H,8-9,11H2,1H3. The first-order chi connectivity index (χ1) is 21.1. The molecule has 2 fully saturated rings. The molecule has 2 aromatic heterocycles. The van der Waals surface area contributed by atoms with Gasteiger partial charge < -0.3 is 54.6 Å². The van der Waals surface area contributed by atoms with Gasteiger partial charge in [0.05, 0.1) is 29.3 Å². The second-order valence-corrected chi connectivity index (χ2v) is 11.5. The number of ether oxygens (including phenoxy) is 4. The Hall–Kier alpha value is -3.44. The van der Waals surface area contributed by atoms with Gasteiger partial charge in [-0.1, -0.05) is 12.1 Å². The van der Waals surface area contributed by atoms with Crippen molar-refractivity contribution < 1.29 is 49.6 Å². The van der Waals surface area contributed by atoms with Gasteiger partial charge in [0.2, 0.25) is 6.29 Å². The Morgan fingerprint density at radius 2 is 1.66 bits per heavy atom. The van der Waals surface area contributed by atoms with Gasteiger partial charge in [0.1, 0.15) is 48.5 Å². The van der Waals surface area contributed by atoms with Crippen LogP contribution in [-0.4, -0.2) is 113 Å². The largest absolute Gasteiger partial charge is 0.462 e. The summed E-state index contributed by atoms with van der Waals surface area (Å²) in [6.45, 7) is 1.55.